The van der Waals surface area contributed by atoms with Gasteiger partial charge in [-0.3, -0.25) is 4.79 Å². The van der Waals surface area contributed by atoms with Gasteiger partial charge >= 0.3 is 0 Å². The number of carbonyl (C=O) groups excluding carboxylic acids is 1. The highest BCUT2D eigenvalue weighted by Crippen LogP contribution is 2.27. The zero-order chi connectivity index (χ0) is 14.7. The molecule has 0 aromatic heterocycles. The second-order valence-electron chi connectivity index (χ2n) is 4.93. The summed E-state index contributed by atoms with van der Waals surface area (Å²) in [4.78, 5) is 14.4. The summed E-state index contributed by atoms with van der Waals surface area (Å²) >= 11 is 10.9. The van der Waals surface area contributed by atoms with Crippen molar-refractivity contribution in [3.63, 3.8) is 0 Å². The van der Waals surface area contributed by atoms with Crippen LogP contribution < -0.4 is 5.73 Å². The summed E-state index contributed by atoms with van der Waals surface area (Å²) in [5, 5.41) is 0.112. The fourth-order valence-corrected chi connectivity index (χ4v) is 2.98. The molecule has 0 heterocycles. The average molecular weight is 315 g/mol. The Balaban J connectivity index is 2.32. The SMILES string of the molecule is NC(=S)CN(C(=O)c1c(F)cccc1Cl)C1CCCC1. The van der Waals surface area contributed by atoms with E-state index in [2.05, 4.69) is 0 Å². The fourth-order valence-electron chi connectivity index (χ4n) is 2.60. The third-order valence-electron chi connectivity index (χ3n) is 3.53. The number of nitrogens with zero attached hydrogens (tertiary/aromatic N) is 1. The molecular formula is C14H16ClFN2OS. The number of carbonyl (C=O) groups is 1. The molecule has 108 valence electrons. The van der Waals surface area contributed by atoms with Gasteiger partial charge in [0.15, 0.2) is 0 Å². The van der Waals surface area contributed by atoms with E-state index in [1.54, 1.807) is 4.90 Å². The maximum Gasteiger partial charge on any atom is 0.258 e. The third kappa shape index (κ3) is 3.27. The lowest BCUT2D eigenvalue weighted by Gasteiger charge is -2.29. The number of hydrogen-bond acceptors (Lipinski definition) is 2. The molecule has 0 bridgehead atoms. The predicted molar refractivity (Wildman–Crippen MR) is 81.5 cm³/mol. The monoisotopic (exact) mass is 314 g/mol. The van der Waals surface area contributed by atoms with Gasteiger partial charge < -0.3 is 10.6 Å². The van der Waals surface area contributed by atoms with E-state index in [1.165, 1.54) is 18.2 Å². The van der Waals surface area contributed by atoms with E-state index >= 15 is 0 Å². The first-order valence-corrected chi connectivity index (χ1v) is 7.32. The second kappa shape index (κ2) is 6.50. The molecule has 0 aliphatic heterocycles. The third-order valence-corrected chi connectivity index (χ3v) is 3.97. The number of halogens is 2. The van der Waals surface area contributed by atoms with Crippen LogP contribution in [0.2, 0.25) is 5.02 Å². The van der Waals surface area contributed by atoms with Crippen molar-refractivity contribution in [3.05, 3.63) is 34.6 Å². The zero-order valence-electron chi connectivity index (χ0n) is 10.9. The molecule has 0 spiro atoms. The normalized spacial score (nSPS) is 15.3. The van der Waals surface area contributed by atoms with Crippen LogP contribution in [0.1, 0.15) is 36.0 Å². The van der Waals surface area contributed by atoms with Crippen molar-refractivity contribution in [1.82, 2.24) is 4.90 Å². The summed E-state index contributed by atoms with van der Waals surface area (Å²) in [7, 11) is 0. The zero-order valence-corrected chi connectivity index (χ0v) is 12.5. The van der Waals surface area contributed by atoms with E-state index in [4.69, 9.17) is 29.6 Å². The molecule has 1 fully saturated rings. The lowest BCUT2D eigenvalue weighted by molar-refractivity contribution is 0.0710. The summed E-state index contributed by atoms with van der Waals surface area (Å²) < 4.78 is 13.9. The van der Waals surface area contributed by atoms with Crippen LogP contribution >= 0.6 is 23.8 Å². The van der Waals surface area contributed by atoms with Crippen LogP contribution in [0.15, 0.2) is 18.2 Å². The molecule has 0 radical (unpaired) electrons. The number of amides is 1. The fraction of sp³-hybridized carbons (Fsp3) is 0.429. The highest BCUT2D eigenvalue weighted by Gasteiger charge is 2.30. The maximum absolute atomic E-state index is 13.9. The Kier molecular flexibility index (Phi) is 4.94. The highest BCUT2D eigenvalue weighted by atomic mass is 35.5. The van der Waals surface area contributed by atoms with E-state index in [1.807, 2.05) is 0 Å². The van der Waals surface area contributed by atoms with Gasteiger partial charge in [0.25, 0.3) is 5.91 Å². The highest BCUT2D eigenvalue weighted by molar-refractivity contribution is 7.80. The molecule has 1 saturated carbocycles. The Labute approximate surface area is 127 Å². The summed E-state index contributed by atoms with van der Waals surface area (Å²) in [6, 6.07) is 4.26. The van der Waals surface area contributed by atoms with Crippen LogP contribution in [0, 0.1) is 5.82 Å². The van der Waals surface area contributed by atoms with Gasteiger partial charge in [-0.15, -0.1) is 0 Å². The summed E-state index contributed by atoms with van der Waals surface area (Å²) in [6.45, 7) is 0.156. The van der Waals surface area contributed by atoms with Gasteiger partial charge in [0, 0.05) is 6.04 Å². The van der Waals surface area contributed by atoms with Crippen LogP contribution in [0.25, 0.3) is 0 Å². The minimum absolute atomic E-state index is 0.0553. The largest absolute Gasteiger partial charge is 0.392 e. The van der Waals surface area contributed by atoms with Gasteiger partial charge in [0.05, 0.1) is 22.1 Å². The quantitative estimate of drug-likeness (QED) is 0.868. The molecule has 0 atom stereocenters. The van der Waals surface area contributed by atoms with Crippen molar-refractivity contribution >= 4 is 34.7 Å². The number of thiocarbonyl (C=S) groups is 1. The molecule has 3 nitrogen and oxygen atoms in total. The summed E-state index contributed by atoms with van der Waals surface area (Å²) in [5.41, 5.74) is 5.46. The number of nitrogens with two attached hydrogens (primary N) is 1. The topological polar surface area (TPSA) is 46.3 Å². The molecule has 2 N–H and O–H groups in total. The van der Waals surface area contributed by atoms with Gasteiger partial charge in [-0.05, 0) is 25.0 Å². The van der Waals surface area contributed by atoms with E-state index in [9.17, 15) is 9.18 Å². The lowest BCUT2D eigenvalue weighted by Crippen LogP contribution is -2.44. The standard InChI is InChI=1S/C14H16ClFN2OS/c15-10-6-3-7-11(16)13(10)14(19)18(8-12(17)20)9-4-1-2-5-9/h3,6-7,9H,1-2,4-5,8H2,(H2,17,20). The average Bonchev–Trinajstić information content (AvgIpc) is 2.88. The molecule has 0 unspecified atom stereocenters. The van der Waals surface area contributed by atoms with Crippen LogP contribution in [0.3, 0.4) is 0 Å². The van der Waals surface area contributed by atoms with Gasteiger partial charge in [0.1, 0.15) is 5.82 Å². The van der Waals surface area contributed by atoms with E-state index in [0.29, 0.717) is 0 Å². The van der Waals surface area contributed by atoms with Gasteiger partial charge in [-0.25, -0.2) is 4.39 Å². The van der Waals surface area contributed by atoms with Gasteiger partial charge in [-0.2, -0.15) is 0 Å². The van der Waals surface area contributed by atoms with Gasteiger partial charge in [0.2, 0.25) is 0 Å². The minimum Gasteiger partial charge on any atom is -0.392 e. The first kappa shape index (κ1) is 15.2. The minimum atomic E-state index is -0.617. The van der Waals surface area contributed by atoms with Crippen LogP contribution in [0.4, 0.5) is 4.39 Å². The summed E-state index contributed by atoms with van der Waals surface area (Å²) in [6.07, 6.45) is 3.88. The molecule has 6 heteroatoms. The number of benzene rings is 1. The molecule has 1 aromatic rings. The van der Waals surface area contributed by atoms with Crippen molar-refractivity contribution < 1.29 is 9.18 Å². The molecular weight excluding hydrogens is 299 g/mol. The predicted octanol–water partition coefficient (Wildman–Crippen LogP) is 3.15. The van der Waals surface area contributed by atoms with Crippen molar-refractivity contribution in [2.45, 2.75) is 31.7 Å². The van der Waals surface area contributed by atoms with E-state index < -0.39 is 11.7 Å². The molecule has 0 saturated heterocycles. The van der Waals surface area contributed by atoms with Crippen LogP contribution in [-0.4, -0.2) is 28.4 Å². The molecule has 1 aliphatic carbocycles. The van der Waals surface area contributed by atoms with Crippen molar-refractivity contribution in [3.8, 4) is 0 Å². The van der Waals surface area contributed by atoms with Crippen LogP contribution in [0.5, 0.6) is 0 Å². The summed E-state index contributed by atoms with van der Waals surface area (Å²) in [5.74, 6) is -1.05. The molecule has 20 heavy (non-hydrogen) atoms. The smallest absolute Gasteiger partial charge is 0.258 e. The number of rotatable bonds is 4. The van der Waals surface area contributed by atoms with Crippen molar-refractivity contribution in [2.24, 2.45) is 5.73 Å². The molecule has 2 rings (SSSR count). The van der Waals surface area contributed by atoms with Crippen LogP contribution in [-0.2, 0) is 0 Å². The molecule has 1 amide bonds. The molecule has 1 aliphatic rings. The second-order valence-corrected chi connectivity index (χ2v) is 5.87. The first-order chi connectivity index (χ1) is 9.50. The maximum atomic E-state index is 13.9. The number of hydrogen-bond donors (Lipinski definition) is 1. The van der Waals surface area contributed by atoms with Gasteiger partial charge in [-0.1, -0.05) is 42.7 Å². The Hall–Kier alpha value is -1.20. The van der Waals surface area contributed by atoms with Crippen molar-refractivity contribution in [2.75, 3.05) is 6.54 Å². The Bertz CT molecular complexity index is 512. The van der Waals surface area contributed by atoms with Crippen molar-refractivity contribution in [1.29, 1.82) is 0 Å². The molecule has 1 aromatic carbocycles. The van der Waals surface area contributed by atoms with E-state index in [0.717, 1.165) is 25.7 Å². The lowest BCUT2D eigenvalue weighted by atomic mass is 10.1. The van der Waals surface area contributed by atoms with E-state index in [-0.39, 0.29) is 28.2 Å². The Morgan fingerprint density at radius 1 is 1.45 bits per heavy atom. The Morgan fingerprint density at radius 2 is 2.10 bits per heavy atom. The first-order valence-electron chi connectivity index (χ1n) is 6.54. The Morgan fingerprint density at radius 3 is 2.65 bits per heavy atom.